The lowest BCUT2D eigenvalue weighted by Gasteiger charge is -2.26. The number of halogens is 4. The summed E-state index contributed by atoms with van der Waals surface area (Å²) in [4.78, 5) is 10.7. The minimum Gasteiger partial charge on any atom is -0.420 e. The molecule has 1 aliphatic heterocycles. The number of carbonyl (C=O) groups excluding carboxylic acids is 1. The molecular formula is C5H2Cl4O3. The first-order chi connectivity index (χ1) is 5.26. The number of ether oxygens (including phenoxy) is 1. The molecule has 0 amide bonds. The number of esters is 1. The van der Waals surface area contributed by atoms with Gasteiger partial charge in [0.15, 0.2) is 0 Å². The maximum Gasteiger partial charge on any atom is 0.352 e. The van der Waals surface area contributed by atoms with Crippen LogP contribution in [0.1, 0.15) is 0 Å². The van der Waals surface area contributed by atoms with E-state index in [1.807, 2.05) is 0 Å². The zero-order valence-corrected chi connectivity index (χ0v) is 8.38. The maximum atomic E-state index is 10.7. The number of cyclic esters (lactones) is 1. The monoisotopic (exact) mass is 250 g/mol. The summed E-state index contributed by atoms with van der Waals surface area (Å²) in [5.74, 6) is -3.20. The number of rotatable bonds is 0. The Balaban J connectivity index is 3.00. The second-order valence-corrected chi connectivity index (χ2v) is 4.76. The molecule has 3 nitrogen and oxygen atoms in total. The third kappa shape index (κ3) is 1.65. The highest BCUT2D eigenvalue weighted by molar-refractivity contribution is 6.68. The molecule has 1 rings (SSSR count). The third-order valence-electron chi connectivity index (χ3n) is 1.17. The first-order valence-corrected chi connectivity index (χ1v) is 4.18. The molecule has 7 heteroatoms. The van der Waals surface area contributed by atoms with Gasteiger partial charge >= 0.3 is 5.97 Å². The van der Waals surface area contributed by atoms with Crippen molar-refractivity contribution < 1.29 is 14.6 Å². The Kier molecular flexibility index (Phi) is 2.54. The van der Waals surface area contributed by atoms with Crippen molar-refractivity contribution in [3.05, 3.63) is 11.1 Å². The van der Waals surface area contributed by atoms with Crippen LogP contribution in [-0.2, 0) is 9.53 Å². The fraction of sp³-hybridized carbons (Fsp3) is 0.400. The molecule has 68 valence electrons. The number of hydrogen-bond acceptors (Lipinski definition) is 3. The Bertz CT molecular complexity index is 256. The smallest absolute Gasteiger partial charge is 0.352 e. The van der Waals surface area contributed by atoms with Gasteiger partial charge in [0.25, 0.3) is 9.58 Å². The van der Waals surface area contributed by atoms with Crippen LogP contribution in [0, 0.1) is 0 Å². The largest absolute Gasteiger partial charge is 0.420 e. The molecule has 0 fully saturated rings. The SMILES string of the molecule is O=C1OC(O)(C(Cl)(Cl)Cl)C=C1Cl. The predicted molar refractivity (Wildman–Crippen MR) is 45.3 cm³/mol. The first kappa shape index (κ1) is 10.4. The molecule has 0 spiro atoms. The predicted octanol–water partition coefficient (Wildman–Crippen LogP) is 1.72. The Morgan fingerprint density at radius 2 is 2.00 bits per heavy atom. The molecule has 1 atom stereocenters. The van der Waals surface area contributed by atoms with E-state index in [4.69, 9.17) is 46.4 Å². The molecule has 0 radical (unpaired) electrons. The molecule has 1 N–H and O–H groups in total. The molecule has 1 aliphatic rings. The van der Waals surface area contributed by atoms with Crippen LogP contribution >= 0.6 is 46.4 Å². The lowest BCUT2D eigenvalue weighted by Crippen LogP contribution is -2.41. The van der Waals surface area contributed by atoms with E-state index >= 15 is 0 Å². The van der Waals surface area contributed by atoms with Crippen molar-refractivity contribution in [3.8, 4) is 0 Å². The van der Waals surface area contributed by atoms with E-state index in [9.17, 15) is 9.90 Å². The van der Waals surface area contributed by atoms with Crippen molar-refractivity contribution >= 4 is 52.4 Å². The van der Waals surface area contributed by atoms with Crippen LogP contribution in [-0.4, -0.2) is 20.7 Å². The average Bonchev–Trinajstić information content (AvgIpc) is 2.06. The zero-order chi connectivity index (χ0) is 9.57. The van der Waals surface area contributed by atoms with Crippen LogP contribution in [0.2, 0.25) is 0 Å². The van der Waals surface area contributed by atoms with Gasteiger partial charge in [0.2, 0.25) is 0 Å². The lowest BCUT2D eigenvalue weighted by atomic mass is 10.3. The molecule has 0 aliphatic carbocycles. The average molecular weight is 252 g/mol. The van der Waals surface area contributed by atoms with Gasteiger partial charge < -0.3 is 9.84 Å². The van der Waals surface area contributed by atoms with Gasteiger partial charge in [-0.05, 0) is 0 Å². The molecule has 0 saturated carbocycles. The summed E-state index contributed by atoms with van der Waals surface area (Å²) < 4.78 is 2.17. The zero-order valence-electron chi connectivity index (χ0n) is 5.35. The van der Waals surface area contributed by atoms with Crippen molar-refractivity contribution in [1.82, 2.24) is 0 Å². The molecule has 0 bridgehead atoms. The van der Waals surface area contributed by atoms with Crippen LogP contribution in [0.15, 0.2) is 11.1 Å². The Labute approximate surface area is 87.8 Å². The van der Waals surface area contributed by atoms with Crippen molar-refractivity contribution in [1.29, 1.82) is 0 Å². The summed E-state index contributed by atoms with van der Waals surface area (Å²) in [6.45, 7) is 0. The maximum absolute atomic E-state index is 10.7. The third-order valence-corrected chi connectivity index (χ3v) is 2.25. The van der Waals surface area contributed by atoms with E-state index in [0.717, 1.165) is 6.08 Å². The highest BCUT2D eigenvalue weighted by atomic mass is 35.6. The molecule has 12 heavy (non-hydrogen) atoms. The fourth-order valence-corrected chi connectivity index (χ4v) is 1.06. The van der Waals surface area contributed by atoms with Crippen LogP contribution in [0.3, 0.4) is 0 Å². The van der Waals surface area contributed by atoms with Crippen LogP contribution < -0.4 is 0 Å². The first-order valence-electron chi connectivity index (χ1n) is 2.67. The molecule has 1 heterocycles. The molecule has 0 aromatic carbocycles. The van der Waals surface area contributed by atoms with Crippen LogP contribution in [0.5, 0.6) is 0 Å². The fourth-order valence-electron chi connectivity index (χ4n) is 0.590. The normalized spacial score (nSPS) is 30.1. The van der Waals surface area contributed by atoms with Gasteiger partial charge in [0, 0.05) is 6.08 Å². The summed E-state index contributed by atoms with van der Waals surface area (Å²) in [5.41, 5.74) is 0. The number of alkyl halides is 3. The van der Waals surface area contributed by atoms with Gasteiger partial charge in [-0.15, -0.1) is 0 Å². The number of carbonyl (C=O) groups is 1. The molecule has 1 unspecified atom stereocenters. The van der Waals surface area contributed by atoms with Crippen LogP contribution in [0.4, 0.5) is 0 Å². The van der Waals surface area contributed by atoms with Crippen LogP contribution in [0.25, 0.3) is 0 Å². The Hall–Kier alpha value is 0.330. The van der Waals surface area contributed by atoms with E-state index in [2.05, 4.69) is 4.74 Å². The summed E-state index contributed by atoms with van der Waals surface area (Å²) in [5, 5.41) is 9.05. The second kappa shape index (κ2) is 2.93. The van der Waals surface area contributed by atoms with Gasteiger partial charge in [-0.1, -0.05) is 46.4 Å². The molecular weight excluding hydrogens is 250 g/mol. The van der Waals surface area contributed by atoms with Gasteiger partial charge in [0.1, 0.15) is 5.03 Å². The van der Waals surface area contributed by atoms with E-state index in [0.29, 0.717) is 0 Å². The van der Waals surface area contributed by atoms with E-state index < -0.39 is 15.5 Å². The molecule has 0 saturated heterocycles. The summed E-state index contributed by atoms with van der Waals surface area (Å²) in [7, 11) is 0. The van der Waals surface area contributed by atoms with Gasteiger partial charge in [-0.25, -0.2) is 4.79 Å². The van der Waals surface area contributed by atoms with E-state index in [-0.39, 0.29) is 5.03 Å². The van der Waals surface area contributed by atoms with Gasteiger partial charge in [-0.3, -0.25) is 0 Å². The quantitative estimate of drug-likeness (QED) is 0.527. The van der Waals surface area contributed by atoms with Crippen molar-refractivity contribution in [2.75, 3.05) is 0 Å². The van der Waals surface area contributed by atoms with E-state index in [1.54, 1.807) is 0 Å². The summed E-state index contributed by atoms with van der Waals surface area (Å²) in [6.07, 6.45) is 0.837. The topological polar surface area (TPSA) is 46.5 Å². The minimum absolute atomic E-state index is 0.316. The van der Waals surface area contributed by atoms with Crippen molar-refractivity contribution in [3.63, 3.8) is 0 Å². The van der Waals surface area contributed by atoms with Crippen molar-refractivity contribution in [2.45, 2.75) is 9.58 Å². The van der Waals surface area contributed by atoms with Crippen molar-refractivity contribution in [2.24, 2.45) is 0 Å². The Morgan fingerprint density at radius 3 is 2.17 bits per heavy atom. The standard InChI is InChI=1S/C5H2Cl4O3/c6-2-1-4(11,5(7,8)9)12-3(2)10/h1,11H. The van der Waals surface area contributed by atoms with Gasteiger partial charge in [-0.2, -0.15) is 0 Å². The van der Waals surface area contributed by atoms with E-state index in [1.165, 1.54) is 0 Å². The van der Waals surface area contributed by atoms with Gasteiger partial charge in [0.05, 0.1) is 0 Å². The number of hydrogen-bond donors (Lipinski definition) is 1. The molecule has 0 aromatic rings. The highest BCUT2D eigenvalue weighted by Crippen LogP contribution is 2.44. The Morgan fingerprint density at radius 1 is 1.50 bits per heavy atom. The minimum atomic E-state index is -2.27. The summed E-state index contributed by atoms with van der Waals surface area (Å²) >= 11 is 21.2. The highest BCUT2D eigenvalue weighted by Gasteiger charge is 2.53. The number of aliphatic hydroxyl groups is 1. The lowest BCUT2D eigenvalue weighted by molar-refractivity contribution is -0.176. The summed E-state index contributed by atoms with van der Waals surface area (Å²) in [6, 6.07) is 0. The molecule has 0 aromatic heterocycles. The second-order valence-electron chi connectivity index (χ2n) is 2.08.